The van der Waals surface area contributed by atoms with Crippen molar-refractivity contribution in [3.63, 3.8) is 0 Å². The van der Waals surface area contributed by atoms with Crippen molar-refractivity contribution in [1.29, 1.82) is 0 Å². The van der Waals surface area contributed by atoms with E-state index in [0.717, 1.165) is 48.3 Å². The summed E-state index contributed by atoms with van der Waals surface area (Å²) in [5, 5.41) is 0. The van der Waals surface area contributed by atoms with Crippen LogP contribution in [-0.4, -0.2) is 26.4 Å². The van der Waals surface area contributed by atoms with Crippen LogP contribution in [0.15, 0.2) is 65.6 Å². The lowest BCUT2D eigenvalue weighted by molar-refractivity contribution is -0.116. The molecule has 186 valence electrons. The summed E-state index contributed by atoms with van der Waals surface area (Å²) in [5.41, 5.74) is 3.88. The number of nitrogens with zero attached hydrogens (tertiary/aromatic N) is 4. The monoisotopic (exact) mass is 486 g/mol. The van der Waals surface area contributed by atoms with Crippen molar-refractivity contribution in [2.45, 2.75) is 46.6 Å². The van der Waals surface area contributed by atoms with Gasteiger partial charge in [0.05, 0.1) is 11.4 Å². The van der Waals surface area contributed by atoms with E-state index in [9.17, 15) is 14.0 Å². The second-order valence-electron chi connectivity index (χ2n) is 8.76. The zero-order valence-electron chi connectivity index (χ0n) is 20.9. The van der Waals surface area contributed by atoms with E-state index in [1.54, 1.807) is 34.4 Å². The summed E-state index contributed by atoms with van der Waals surface area (Å²) < 4.78 is 16.9. The molecule has 0 radical (unpaired) electrons. The zero-order chi connectivity index (χ0) is 25.7. The lowest BCUT2D eigenvalue weighted by Gasteiger charge is -2.19. The second kappa shape index (κ2) is 11.2. The third-order valence-electron chi connectivity index (χ3n) is 6.21. The molecule has 0 saturated heterocycles. The summed E-state index contributed by atoms with van der Waals surface area (Å²) in [6.45, 7) is 6.99. The molecule has 0 bridgehead atoms. The van der Waals surface area contributed by atoms with Gasteiger partial charge in [-0.3, -0.25) is 14.0 Å². The molecule has 0 saturated carbocycles. The van der Waals surface area contributed by atoms with E-state index in [1.807, 2.05) is 43.5 Å². The van der Waals surface area contributed by atoms with Crippen LogP contribution in [0.25, 0.3) is 29.2 Å². The van der Waals surface area contributed by atoms with Gasteiger partial charge in [-0.05, 0) is 54.8 Å². The number of imidazole rings is 1. The van der Waals surface area contributed by atoms with E-state index >= 15 is 0 Å². The van der Waals surface area contributed by atoms with Crippen molar-refractivity contribution >= 4 is 29.5 Å². The van der Waals surface area contributed by atoms with E-state index in [1.165, 1.54) is 18.2 Å². The maximum absolute atomic E-state index is 13.2. The number of carbonyl (C=O) groups is 1. The number of unbranched alkanes of at least 4 members (excludes halogenated alkanes) is 2. The highest BCUT2D eigenvalue weighted by atomic mass is 19.1. The predicted octanol–water partition coefficient (Wildman–Crippen LogP) is 6.04. The van der Waals surface area contributed by atoms with Gasteiger partial charge in [-0.2, -0.15) is 0 Å². The Labute approximate surface area is 210 Å². The van der Waals surface area contributed by atoms with Crippen molar-refractivity contribution in [3.8, 4) is 11.3 Å². The molecule has 36 heavy (non-hydrogen) atoms. The number of fused-ring (bicyclic) bond motifs is 1. The molecular formula is C29H31FN4O2. The van der Waals surface area contributed by atoms with Crippen LogP contribution in [0.2, 0.25) is 0 Å². The maximum Gasteiger partial charge on any atom is 0.259 e. The molecule has 2 heterocycles. The Morgan fingerprint density at radius 3 is 2.39 bits per heavy atom. The first kappa shape index (κ1) is 25.1. The maximum atomic E-state index is 13.2. The van der Waals surface area contributed by atoms with E-state index in [4.69, 9.17) is 4.98 Å². The van der Waals surface area contributed by atoms with Gasteiger partial charge in [0, 0.05) is 38.0 Å². The van der Waals surface area contributed by atoms with Gasteiger partial charge in [0.25, 0.3) is 5.56 Å². The van der Waals surface area contributed by atoms with Gasteiger partial charge in [0.1, 0.15) is 5.82 Å². The molecule has 0 aliphatic carbocycles. The summed E-state index contributed by atoms with van der Waals surface area (Å²) in [4.78, 5) is 31.5. The fraction of sp³-hybridized carbons (Fsp3) is 0.276. The SMILES string of the molecule is CCCCCn1c(-c2ccc(N(CC)C(C)=O)cc2)cn2c(=O)cc(/C=C/c3ccc(F)cc3)nc12. The number of amides is 1. The molecule has 0 fully saturated rings. The Kier molecular flexibility index (Phi) is 7.78. The largest absolute Gasteiger partial charge is 0.313 e. The van der Waals surface area contributed by atoms with Crippen LogP contribution in [0.1, 0.15) is 51.3 Å². The smallest absolute Gasteiger partial charge is 0.259 e. The number of halogens is 1. The molecule has 4 aromatic rings. The molecular weight excluding hydrogens is 455 g/mol. The molecule has 0 aliphatic heterocycles. The number of hydrogen-bond acceptors (Lipinski definition) is 3. The molecule has 0 spiro atoms. The average Bonchev–Trinajstić information content (AvgIpc) is 3.23. The normalized spacial score (nSPS) is 11.4. The van der Waals surface area contributed by atoms with Gasteiger partial charge in [-0.15, -0.1) is 0 Å². The van der Waals surface area contributed by atoms with Crippen molar-refractivity contribution in [1.82, 2.24) is 14.0 Å². The van der Waals surface area contributed by atoms with Crippen molar-refractivity contribution in [2.24, 2.45) is 0 Å². The number of rotatable bonds is 9. The van der Waals surface area contributed by atoms with Gasteiger partial charge in [-0.1, -0.05) is 50.1 Å². The first-order valence-corrected chi connectivity index (χ1v) is 12.4. The first-order chi connectivity index (χ1) is 17.4. The lowest BCUT2D eigenvalue weighted by atomic mass is 10.1. The number of anilines is 1. The minimum atomic E-state index is -0.292. The van der Waals surface area contributed by atoms with Crippen LogP contribution in [0.5, 0.6) is 0 Å². The van der Waals surface area contributed by atoms with Gasteiger partial charge >= 0.3 is 0 Å². The summed E-state index contributed by atoms with van der Waals surface area (Å²) in [5.74, 6) is 0.283. The lowest BCUT2D eigenvalue weighted by Crippen LogP contribution is -2.27. The Balaban J connectivity index is 1.76. The summed E-state index contributed by atoms with van der Waals surface area (Å²) >= 11 is 0. The van der Waals surface area contributed by atoms with E-state index < -0.39 is 0 Å². The Bertz CT molecular complexity index is 1430. The van der Waals surface area contributed by atoms with Crippen LogP contribution in [0, 0.1) is 5.82 Å². The Hall–Kier alpha value is -4.00. The van der Waals surface area contributed by atoms with Gasteiger partial charge in [0.2, 0.25) is 11.7 Å². The summed E-state index contributed by atoms with van der Waals surface area (Å²) in [7, 11) is 0. The minimum absolute atomic E-state index is 0.00379. The quantitative estimate of drug-likeness (QED) is 0.271. The standard InChI is InChI=1S/C29H31FN4O2/c1-4-6-7-18-33-27(23-11-16-26(17-12-23)32(5-2)21(3)35)20-34-28(36)19-25(31-29(33)34)15-10-22-8-13-24(30)14-9-22/h8-17,19-20H,4-7,18H2,1-3H3/b15-10+. The second-order valence-corrected chi connectivity index (χ2v) is 8.76. The van der Waals surface area contributed by atoms with Crippen LogP contribution in [-0.2, 0) is 11.3 Å². The van der Waals surface area contributed by atoms with Crippen molar-refractivity contribution in [3.05, 3.63) is 88.2 Å². The number of aromatic nitrogens is 3. The van der Waals surface area contributed by atoms with Crippen LogP contribution < -0.4 is 10.5 Å². The molecule has 0 N–H and O–H groups in total. The van der Waals surface area contributed by atoms with Gasteiger partial charge < -0.3 is 9.47 Å². The third-order valence-corrected chi connectivity index (χ3v) is 6.21. The molecule has 0 atom stereocenters. The van der Waals surface area contributed by atoms with Crippen LogP contribution >= 0.6 is 0 Å². The number of hydrogen-bond donors (Lipinski definition) is 0. The van der Waals surface area contributed by atoms with E-state index in [0.29, 0.717) is 18.0 Å². The number of benzene rings is 2. The fourth-order valence-electron chi connectivity index (χ4n) is 4.32. The van der Waals surface area contributed by atoms with Gasteiger partial charge in [-0.25, -0.2) is 9.37 Å². The van der Waals surface area contributed by atoms with Crippen molar-refractivity contribution in [2.75, 3.05) is 11.4 Å². The van der Waals surface area contributed by atoms with E-state index in [2.05, 4.69) is 11.5 Å². The molecule has 2 aromatic heterocycles. The molecule has 1 amide bonds. The molecule has 0 aliphatic rings. The number of aryl methyl sites for hydroxylation is 1. The highest BCUT2D eigenvalue weighted by Gasteiger charge is 2.15. The van der Waals surface area contributed by atoms with Crippen LogP contribution in [0.4, 0.5) is 10.1 Å². The van der Waals surface area contributed by atoms with E-state index in [-0.39, 0.29) is 17.3 Å². The first-order valence-electron chi connectivity index (χ1n) is 12.4. The minimum Gasteiger partial charge on any atom is -0.313 e. The fourth-order valence-corrected chi connectivity index (χ4v) is 4.32. The highest BCUT2D eigenvalue weighted by Crippen LogP contribution is 2.26. The molecule has 2 aromatic carbocycles. The molecule has 4 rings (SSSR count). The average molecular weight is 487 g/mol. The van der Waals surface area contributed by atoms with Crippen molar-refractivity contribution < 1.29 is 9.18 Å². The summed E-state index contributed by atoms with van der Waals surface area (Å²) in [6, 6.07) is 15.5. The third kappa shape index (κ3) is 5.46. The molecule has 0 unspecified atom stereocenters. The zero-order valence-corrected chi connectivity index (χ0v) is 20.9. The topological polar surface area (TPSA) is 59.6 Å². The summed E-state index contributed by atoms with van der Waals surface area (Å²) in [6.07, 6.45) is 8.54. The number of carbonyl (C=O) groups excluding carboxylic acids is 1. The van der Waals surface area contributed by atoms with Gasteiger partial charge in [0.15, 0.2) is 0 Å². The Morgan fingerprint density at radius 2 is 1.75 bits per heavy atom. The molecule has 7 heteroatoms. The highest BCUT2D eigenvalue weighted by molar-refractivity contribution is 5.91. The molecule has 6 nitrogen and oxygen atoms in total. The Morgan fingerprint density at radius 1 is 1.03 bits per heavy atom. The predicted molar refractivity (Wildman–Crippen MR) is 143 cm³/mol. The van der Waals surface area contributed by atoms with Crippen LogP contribution in [0.3, 0.4) is 0 Å².